The van der Waals surface area contributed by atoms with Crippen LogP contribution in [0.2, 0.25) is 0 Å². The van der Waals surface area contributed by atoms with E-state index in [-0.39, 0.29) is 11.3 Å². The van der Waals surface area contributed by atoms with Gasteiger partial charge in [0.2, 0.25) is 5.91 Å². The van der Waals surface area contributed by atoms with Crippen LogP contribution in [0.3, 0.4) is 0 Å². The molecule has 6 heteroatoms. The Bertz CT molecular complexity index is 705. The van der Waals surface area contributed by atoms with Crippen molar-refractivity contribution >= 4 is 11.8 Å². The van der Waals surface area contributed by atoms with Gasteiger partial charge >= 0.3 is 0 Å². The van der Waals surface area contributed by atoms with Crippen molar-refractivity contribution in [3.05, 3.63) is 23.3 Å². The zero-order valence-corrected chi connectivity index (χ0v) is 15.1. The highest BCUT2D eigenvalue weighted by atomic mass is 16.2. The van der Waals surface area contributed by atoms with Gasteiger partial charge in [0.15, 0.2) is 0 Å². The molecule has 2 amide bonds. The van der Waals surface area contributed by atoms with Gasteiger partial charge in [-0.1, -0.05) is 0 Å². The standard InChI is InChI=1S/C19H26N4O2/c1-13-14(2)20-12-21-17(13)18(25)22-7-5-19(6-8-22)9-16(24)23(11-19)10-15-3-4-15/h12,15H,3-11H2,1-2H3. The van der Waals surface area contributed by atoms with Crippen LogP contribution in [0.25, 0.3) is 0 Å². The van der Waals surface area contributed by atoms with Crippen molar-refractivity contribution in [2.24, 2.45) is 11.3 Å². The van der Waals surface area contributed by atoms with Crippen molar-refractivity contribution in [1.82, 2.24) is 19.8 Å². The molecule has 6 nitrogen and oxygen atoms in total. The van der Waals surface area contributed by atoms with Crippen molar-refractivity contribution in [3.63, 3.8) is 0 Å². The number of aromatic nitrogens is 2. The molecule has 1 aliphatic carbocycles. The monoisotopic (exact) mass is 342 g/mol. The lowest BCUT2D eigenvalue weighted by Gasteiger charge is -2.38. The molecule has 3 heterocycles. The first-order chi connectivity index (χ1) is 12.0. The van der Waals surface area contributed by atoms with E-state index in [9.17, 15) is 9.59 Å². The molecule has 2 aliphatic heterocycles. The number of piperidine rings is 1. The van der Waals surface area contributed by atoms with Crippen LogP contribution in [0.5, 0.6) is 0 Å². The minimum absolute atomic E-state index is 0.00277. The van der Waals surface area contributed by atoms with Gasteiger partial charge in [-0.2, -0.15) is 0 Å². The van der Waals surface area contributed by atoms with Crippen LogP contribution in [0.4, 0.5) is 0 Å². The molecule has 3 aliphatic rings. The number of nitrogens with zero attached hydrogens (tertiary/aromatic N) is 4. The van der Waals surface area contributed by atoms with Crippen molar-refractivity contribution < 1.29 is 9.59 Å². The van der Waals surface area contributed by atoms with Crippen LogP contribution in [-0.4, -0.2) is 57.8 Å². The van der Waals surface area contributed by atoms with Gasteiger partial charge in [-0.3, -0.25) is 9.59 Å². The molecule has 0 bridgehead atoms. The predicted molar refractivity (Wildman–Crippen MR) is 93.0 cm³/mol. The van der Waals surface area contributed by atoms with Crippen molar-refractivity contribution in [2.45, 2.75) is 46.0 Å². The average Bonchev–Trinajstić information content (AvgIpc) is 3.35. The third-order valence-electron chi connectivity index (χ3n) is 6.23. The summed E-state index contributed by atoms with van der Waals surface area (Å²) in [6.45, 7) is 7.06. The maximum Gasteiger partial charge on any atom is 0.272 e. The Morgan fingerprint density at radius 1 is 1.24 bits per heavy atom. The van der Waals surface area contributed by atoms with Crippen molar-refractivity contribution in [1.29, 1.82) is 0 Å². The summed E-state index contributed by atoms with van der Waals surface area (Å²) in [6, 6.07) is 0. The first-order valence-corrected chi connectivity index (χ1v) is 9.33. The lowest BCUT2D eigenvalue weighted by molar-refractivity contribution is -0.128. The van der Waals surface area contributed by atoms with Crippen LogP contribution in [0, 0.1) is 25.2 Å². The zero-order chi connectivity index (χ0) is 17.6. The number of carbonyl (C=O) groups excluding carboxylic acids is 2. The van der Waals surface area contributed by atoms with Crippen LogP contribution < -0.4 is 0 Å². The molecule has 0 atom stereocenters. The van der Waals surface area contributed by atoms with E-state index in [1.54, 1.807) is 0 Å². The Labute approximate surface area is 148 Å². The highest BCUT2D eigenvalue weighted by Gasteiger charge is 2.46. The molecule has 1 spiro atoms. The molecule has 3 fully saturated rings. The molecular weight excluding hydrogens is 316 g/mol. The molecule has 2 saturated heterocycles. The fraction of sp³-hybridized carbons (Fsp3) is 0.684. The Morgan fingerprint density at radius 2 is 1.96 bits per heavy atom. The molecule has 1 aromatic heterocycles. The number of carbonyl (C=O) groups is 2. The lowest BCUT2D eigenvalue weighted by Crippen LogP contribution is -2.44. The lowest BCUT2D eigenvalue weighted by atomic mass is 9.77. The minimum Gasteiger partial charge on any atom is -0.342 e. The number of rotatable bonds is 3. The zero-order valence-electron chi connectivity index (χ0n) is 15.1. The summed E-state index contributed by atoms with van der Waals surface area (Å²) in [5.41, 5.74) is 2.31. The molecule has 134 valence electrons. The van der Waals surface area contributed by atoms with Gasteiger partial charge in [-0.05, 0) is 45.4 Å². The fourth-order valence-electron chi connectivity index (χ4n) is 4.18. The van der Waals surface area contributed by atoms with Gasteiger partial charge in [0, 0.05) is 49.3 Å². The second-order valence-electron chi connectivity index (χ2n) is 8.12. The maximum atomic E-state index is 12.8. The van der Waals surface area contributed by atoms with E-state index < -0.39 is 0 Å². The number of aryl methyl sites for hydroxylation is 1. The third-order valence-corrected chi connectivity index (χ3v) is 6.23. The van der Waals surface area contributed by atoms with Gasteiger partial charge in [0.25, 0.3) is 5.91 Å². The van der Waals surface area contributed by atoms with Crippen LogP contribution >= 0.6 is 0 Å². The Balaban J connectivity index is 1.40. The van der Waals surface area contributed by atoms with E-state index in [2.05, 4.69) is 14.9 Å². The quantitative estimate of drug-likeness (QED) is 0.842. The van der Waals surface area contributed by atoms with Crippen LogP contribution in [0.15, 0.2) is 6.33 Å². The summed E-state index contributed by atoms with van der Waals surface area (Å²) in [7, 11) is 0. The van der Waals surface area contributed by atoms with Gasteiger partial charge in [0.1, 0.15) is 12.0 Å². The highest BCUT2D eigenvalue weighted by molar-refractivity contribution is 5.94. The predicted octanol–water partition coefficient (Wildman–Crippen LogP) is 1.96. The topological polar surface area (TPSA) is 66.4 Å². The molecule has 1 aromatic rings. The van der Waals surface area contributed by atoms with E-state index in [0.717, 1.165) is 43.1 Å². The SMILES string of the molecule is Cc1ncnc(C(=O)N2CCC3(CC2)CC(=O)N(CC2CC2)C3)c1C. The molecule has 0 aromatic carbocycles. The van der Waals surface area contributed by atoms with E-state index in [0.29, 0.717) is 31.1 Å². The third kappa shape index (κ3) is 3.14. The number of hydrogen-bond donors (Lipinski definition) is 0. The largest absolute Gasteiger partial charge is 0.342 e. The molecule has 4 rings (SSSR count). The maximum absolute atomic E-state index is 12.8. The highest BCUT2D eigenvalue weighted by Crippen LogP contribution is 2.43. The van der Waals surface area contributed by atoms with E-state index in [1.807, 2.05) is 18.7 Å². The van der Waals surface area contributed by atoms with Crippen molar-refractivity contribution in [3.8, 4) is 0 Å². The first-order valence-electron chi connectivity index (χ1n) is 9.33. The molecule has 25 heavy (non-hydrogen) atoms. The second kappa shape index (κ2) is 6.07. The minimum atomic E-state index is -0.00277. The molecule has 0 unspecified atom stereocenters. The Morgan fingerprint density at radius 3 is 2.64 bits per heavy atom. The Hall–Kier alpha value is -1.98. The smallest absolute Gasteiger partial charge is 0.272 e. The number of amides is 2. The first kappa shape index (κ1) is 16.5. The summed E-state index contributed by atoms with van der Waals surface area (Å²) in [5, 5.41) is 0. The van der Waals surface area contributed by atoms with Gasteiger partial charge in [-0.25, -0.2) is 9.97 Å². The number of hydrogen-bond acceptors (Lipinski definition) is 4. The molecule has 0 radical (unpaired) electrons. The molecular formula is C19H26N4O2. The molecule has 0 N–H and O–H groups in total. The van der Waals surface area contributed by atoms with E-state index in [1.165, 1.54) is 19.2 Å². The van der Waals surface area contributed by atoms with Gasteiger partial charge < -0.3 is 9.80 Å². The van der Waals surface area contributed by atoms with Crippen LogP contribution in [0.1, 0.15) is 53.8 Å². The summed E-state index contributed by atoms with van der Waals surface area (Å²) in [4.78, 5) is 37.5. The number of likely N-dealkylation sites (tertiary alicyclic amines) is 2. The molecule has 1 saturated carbocycles. The second-order valence-corrected chi connectivity index (χ2v) is 8.12. The average molecular weight is 342 g/mol. The Kier molecular flexibility index (Phi) is 4.01. The van der Waals surface area contributed by atoms with Gasteiger partial charge in [0.05, 0.1) is 0 Å². The van der Waals surface area contributed by atoms with Gasteiger partial charge in [-0.15, -0.1) is 0 Å². The van der Waals surface area contributed by atoms with Crippen molar-refractivity contribution in [2.75, 3.05) is 26.2 Å². The van der Waals surface area contributed by atoms with Crippen LogP contribution in [-0.2, 0) is 4.79 Å². The van der Waals surface area contributed by atoms with E-state index >= 15 is 0 Å². The fourth-order valence-corrected chi connectivity index (χ4v) is 4.18. The summed E-state index contributed by atoms with van der Waals surface area (Å²) in [6.07, 6.45) is 6.50. The normalized spacial score (nSPS) is 22.7. The summed E-state index contributed by atoms with van der Waals surface area (Å²) >= 11 is 0. The summed E-state index contributed by atoms with van der Waals surface area (Å²) in [5.74, 6) is 1.05. The van der Waals surface area contributed by atoms with E-state index in [4.69, 9.17) is 0 Å². The summed E-state index contributed by atoms with van der Waals surface area (Å²) < 4.78 is 0.